The Balaban J connectivity index is 3.16. The van der Waals surface area contributed by atoms with Crippen molar-refractivity contribution in [1.82, 2.24) is 4.72 Å². The maximum atomic E-state index is 11.6. The molecule has 1 heterocycles. The van der Waals surface area contributed by atoms with E-state index in [1.54, 1.807) is 6.92 Å². The largest absolute Gasteiger partial charge is 0.465 e. The molecule has 0 atom stereocenters. The van der Waals surface area contributed by atoms with Gasteiger partial charge in [-0.15, -0.1) is 11.3 Å². The first-order valence-corrected chi connectivity index (χ1v) is 6.54. The molecule has 1 N–H and O–H groups in total. The van der Waals surface area contributed by atoms with E-state index < -0.39 is 16.0 Å². The van der Waals surface area contributed by atoms with Crippen LogP contribution in [0, 0.1) is 0 Å². The lowest BCUT2D eigenvalue weighted by Gasteiger charge is -2.04. The highest BCUT2D eigenvalue weighted by Gasteiger charge is 2.23. The number of nitrogens with one attached hydrogen (secondary N) is 1. The number of ether oxygens (including phenoxy) is 1. The van der Waals surface area contributed by atoms with Gasteiger partial charge in [0.2, 0.25) is 10.0 Å². The molecule has 0 spiro atoms. The zero-order chi connectivity index (χ0) is 11.5. The molecule has 84 valence electrons. The molecule has 0 aromatic carbocycles. The van der Waals surface area contributed by atoms with E-state index in [4.69, 9.17) is 0 Å². The van der Waals surface area contributed by atoms with Crippen molar-refractivity contribution in [3.05, 3.63) is 16.3 Å². The Morgan fingerprint density at radius 3 is 2.80 bits per heavy atom. The monoisotopic (exact) mass is 249 g/mol. The molecule has 0 aliphatic carbocycles. The molecule has 1 rings (SSSR count). The van der Waals surface area contributed by atoms with E-state index in [0.29, 0.717) is 0 Å². The summed E-state index contributed by atoms with van der Waals surface area (Å²) >= 11 is 1.04. The summed E-state index contributed by atoms with van der Waals surface area (Å²) in [6, 6.07) is 1.38. The molecule has 5 nitrogen and oxygen atoms in total. The third kappa shape index (κ3) is 2.55. The Morgan fingerprint density at radius 1 is 1.60 bits per heavy atom. The molecule has 1 aromatic rings. The molecule has 0 amide bonds. The van der Waals surface area contributed by atoms with Crippen LogP contribution >= 0.6 is 11.3 Å². The van der Waals surface area contributed by atoms with Crippen molar-refractivity contribution < 1.29 is 17.9 Å². The average Bonchev–Trinajstić information content (AvgIpc) is 2.65. The van der Waals surface area contributed by atoms with Gasteiger partial charge in [-0.05, 0) is 11.4 Å². The van der Waals surface area contributed by atoms with Crippen LogP contribution in [0.4, 0.5) is 0 Å². The van der Waals surface area contributed by atoms with E-state index in [0.717, 1.165) is 11.3 Å². The third-order valence-electron chi connectivity index (χ3n) is 1.62. The van der Waals surface area contributed by atoms with Crippen LogP contribution in [0.2, 0.25) is 0 Å². The van der Waals surface area contributed by atoms with Gasteiger partial charge < -0.3 is 4.74 Å². The molecule has 0 saturated carbocycles. The molecular weight excluding hydrogens is 238 g/mol. The highest BCUT2D eigenvalue weighted by Crippen LogP contribution is 2.22. The van der Waals surface area contributed by atoms with E-state index in [1.807, 2.05) is 0 Å². The Bertz CT molecular complexity index is 449. The lowest BCUT2D eigenvalue weighted by Crippen LogP contribution is -2.24. The first-order chi connectivity index (χ1) is 7.03. The van der Waals surface area contributed by atoms with Gasteiger partial charge in [-0.25, -0.2) is 17.9 Å². The van der Waals surface area contributed by atoms with Gasteiger partial charge in [0.05, 0.1) is 7.11 Å². The molecule has 7 heteroatoms. The number of hydrogen-bond donors (Lipinski definition) is 1. The Hall–Kier alpha value is -0.920. The van der Waals surface area contributed by atoms with Gasteiger partial charge in [0, 0.05) is 6.54 Å². The highest BCUT2D eigenvalue weighted by atomic mass is 32.2. The number of carbonyl (C=O) groups excluding carboxylic acids is 1. The molecule has 15 heavy (non-hydrogen) atoms. The summed E-state index contributed by atoms with van der Waals surface area (Å²) in [7, 11) is -2.38. The molecule has 0 aliphatic rings. The number of sulfonamides is 1. The van der Waals surface area contributed by atoms with E-state index in [1.165, 1.54) is 18.6 Å². The summed E-state index contributed by atoms with van der Waals surface area (Å²) in [5.74, 6) is -0.638. The molecule has 0 saturated heterocycles. The van der Waals surface area contributed by atoms with E-state index >= 15 is 0 Å². The number of carbonyl (C=O) groups is 1. The number of methoxy groups -OCH3 is 1. The topological polar surface area (TPSA) is 72.5 Å². The zero-order valence-corrected chi connectivity index (χ0v) is 9.94. The van der Waals surface area contributed by atoms with Crippen LogP contribution < -0.4 is 4.72 Å². The summed E-state index contributed by atoms with van der Waals surface area (Å²) in [5.41, 5.74) is 0. The summed E-state index contributed by atoms with van der Waals surface area (Å²) in [6.07, 6.45) is 0. The van der Waals surface area contributed by atoms with Gasteiger partial charge >= 0.3 is 5.97 Å². The van der Waals surface area contributed by atoms with Gasteiger partial charge in [-0.2, -0.15) is 0 Å². The lowest BCUT2D eigenvalue weighted by molar-refractivity contribution is 0.0602. The van der Waals surface area contributed by atoms with Gasteiger partial charge in [0.15, 0.2) is 0 Å². The van der Waals surface area contributed by atoms with E-state index in [-0.39, 0.29) is 16.3 Å². The predicted octanol–water partition coefficient (Wildman–Crippen LogP) is 0.833. The Kier molecular flexibility index (Phi) is 3.83. The van der Waals surface area contributed by atoms with Gasteiger partial charge in [0.25, 0.3) is 0 Å². The van der Waals surface area contributed by atoms with Gasteiger partial charge in [-0.3, -0.25) is 0 Å². The number of rotatable bonds is 4. The normalized spacial score (nSPS) is 11.3. The number of hydrogen-bond acceptors (Lipinski definition) is 5. The fourth-order valence-electron chi connectivity index (χ4n) is 1.02. The van der Waals surface area contributed by atoms with Crippen LogP contribution in [-0.2, 0) is 14.8 Å². The Labute approximate surface area is 92.1 Å². The van der Waals surface area contributed by atoms with Crippen molar-refractivity contribution >= 4 is 27.3 Å². The van der Waals surface area contributed by atoms with Crippen LogP contribution in [0.3, 0.4) is 0 Å². The SMILES string of the molecule is CCNS(=O)(=O)c1ccsc1C(=O)OC. The lowest BCUT2D eigenvalue weighted by atomic mass is 10.5. The zero-order valence-electron chi connectivity index (χ0n) is 8.31. The maximum absolute atomic E-state index is 11.6. The second kappa shape index (κ2) is 4.73. The second-order valence-electron chi connectivity index (χ2n) is 2.61. The Morgan fingerprint density at radius 2 is 2.27 bits per heavy atom. The maximum Gasteiger partial charge on any atom is 0.349 e. The van der Waals surface area contributed by atoms with Crippen LogP contribution in [0.1, 0.15) is 16.6 Å². The highest BCUT2D eigenvalue weighted by molar-refractivity contribution is 7.89. The second-order valence-corrected chi connectivity index (χ2v) is 5.26. The van der Waals surface area contributed by atoms with Gasteiger partial charge in [-0.1, -0.05) is 6.92 Å². The minimum Gasteiger partial charge on any atom is -0.465 e. The minimum atomic E-state index is -3.59. The van der Waals surface area contributed by atoms with Crippen molar-refractivity contribution in [1.29, 1.82) is 0 Å². The fourth-order valence-corrected chi connectivity index (χ4v) is 3.39. The molecular formula is C8H11NO4S2. The first-order valence-electron chi connectivity index (χ1n) is 4.18. The van der Waals surface area contributed by atoms with Gasteiger partial charge in [0.1, 0.15) is 9.77 Å². The number of thiophene rings is 1. The third-order valence-corrected chi connectivity index (χ3v) is 4.24. The van der Waals surface area contributed by atoms with Crippen molar-refractivity contribution in [3.8, 4) is 0 Å². The van der Waals surface area contributed by atoms with Crippen molar-refractivity contribution in [2.45, 2.75) is 11.8 Å². The fraction of sp³-hybridized carbons (Fsp3) is 0.375. The van der Waals surface area contributed by atoms with Crippen LogP contribution in [0.5, 0.6) is 0 Å². The van der Waals surface area contributed by atoms with Crippen LogP contribution in [0.15, 0.2) is 16.3 Å². The summed E-state index contributed by atoms with van der Waals surface area (Å²) in [4.78, 5) is 11.3. The van der Waals surface area contributed by atoms with Crippen molar-refractivity contribution in [2.75, 3.05) is 13.7 Å². The van der Waals surface area contributed by atoms with E-state index in [2.05, 4.69) is 9.46 Å². The van der Waals surface area contributed by atoms with Crippen LogP contribution in [-0.4, -0.2) is 28.0 Å². The number of esters is 1. The van der Waals surface area contributed by atoms with Crippen molar-refractivity contribution in [2.24, 2.45) is 0 Å². The first kappa shape index (κ1) is 12.2. The van der Waals surface area contributed by atoms with Crippen molar-refractivity contribution in [3.63, 3.8) is 0 Å². The molecule has 0 bridgehead atoms. The average molecular weight is 249 g/mol. The molecule has 1 aromatic heterocycles. The minimum absolute atomic E-state index is 0.0267. The summed E-state index contributed by atoms with van der Waals surface area (Å²) in [5, 5.41) is 1.54. The van der Waals surface area contributed by atoms with E-state index in [9.17, 15) is 13.2 Å². The molecule has 0 fully saturated rings. The molecule has 0 aliphatic heterocycles. The summed E-state index contributed by atoms with van der Waals surface area (Å²) in [6.45, 7) is 1.94. The quantitative estimate of drug-likeness (QED) is 0.802. The summed E-state index contributed by atoms with van der Waals surface area (Å²) < 4.78 is 30.0. The smallest absolute Gasteiger partial charge is 0.349 e. The predicted molar refractivity (Wildman–Crippen MR) is 56.5 cm³/mol. The molecule has 0 unspecified atom stereocenters. The van der Waals surface area contributed by atoms with Crippen LogP contribution in [0.25, 0.3) is 0 Å². The standard InChI is InChI=1S/C8H11NO4S2/c1-3-9-15(11,12)6-4-5-14-7(6)8(10)13-2/h4-5,9H,3H2,1-2H3. The molecule has 0 radical (unpaired) electrons.